The van der Waals surface area contributed by atoms with Crippen LogP contribution in [0.15, 0.2) is 64.2 Å². The summed E-state index contributed by atoms with van der Waals surface area (Å²) in [5.74, 6) is -0.105. The van der Waals surface area contributed by atoms with Gasteiger partial charge in [-0.3, -0.25) is 18.7 Å². The molecule has 0 radical (unpaired) electrons. The Morgan fingerprint density at radius 2 is 1.44 bits per heavy atom. The SMILES string of the molecule is CCN(CC)C(=O)c1sc2c(c1C)c(=O)n(Cc1ccccc1)c(=O)n2Cc1ccc(C)cc1. The van der Waals surface area contributed by atoms with E-state index in [0.29, 0.717) is 40.3 Å². The van der Waals surface area contributed by atoms with E-state index >= 15 is 0 Å². The number of carbonyl (C=O) groups is 1. The van der Waals surface area contributed by atoms with Crippen molar-refractivity contribution in [3.63, 3.8) is 0 Å². The van der Waals surface area contributed by atoms with Gasteiger partial charge in [0.25, 0.3) is 11.5 Å². The molecule has 2 aromatic heterocycles. The van der Waals surface area contributed by atoms with Crippen molar-refractivity contribution in [3.8, 4) is 0 Å². The van der Waals surface area contributed by atoms with E-state index in [-0.39, 0.29) is 23.7 Å². The normalized spacial score (nSPS) is 11.2. The van der Waals surface area contributed by atoms with Gasteiger partial charge in [0.2, 0.25) is 0 Å². The second-order valence-electron chi connectivity index (χ2n) is 8.44. The molecule has 0 atom stereocenters. The molecule has 0 unspecified atom stereocenters. The van der Waals surface area contributed by atoms with Gasteiger partial charge in [0.05, 0.1) is 23.4 Å². The fourth-order valence-electron chi connectivity index (χ4n) is 4.17. The molecule has 4 aromatic rings. The first kappa shape index (κ1) is 23.7. The van der Waals surface area contributed by atoms with Crippen molar-refractivity contribution in [2.45, 2.75) is 40.8 Å². The van der Waals surface area contributed by atoms with Gasteiger partial charge in [-0.05, 0) is 44.4 Å². The Balaban J connectivity index is 1.97. The van der Waals surface area contributed by atoms with Gasteiger partial charge in [-0.25, -0.2) is 4.79 Å². The maximum atomic E-state index is 13.7. The molecule has 7 heteroatoms. The van der Waals surface area contributed by atoms with Crippen LogP contribution in [-0.4, -0.2) is 33.0 Å². The van der Waals surface area contributed by atoms with Gasteiger partial charge >= 0.3 is 5.69 Å². The highest BCUT2D eigenvalue weighted by Gasteiger charge is 2.25. The molecule has 6 nitrogen and oxygen atoms in total. The first-order chi connectivity index (χ1) is 16.3. The number of benzene rings is 2. The van der Waals surface area contributed by atoms with Crippen LogP contribution in [-0.2, 0) is 13.1 Å². The van der Waals surface area contributed by atoms with Gasteiger partial charge in [-0.1, -0.05) is 60.2 Å². The van der Waals surface area contributed by atoms with Crippen LogP contribution < -0.4 is 11.2 Å². The van der Waals surface area contributed by atoms with Crippen molar-refractivity contribution in [3.05, 3.63) is 103 Å². The summed E-state index contributed by atoms with van der Waals surface area (Å²) in [5.41, 5.74) is 2.88. The Morgan fingerprint density at radius 1 is 0.853 bits per heavy atom. The topological polar surface area (TPSA) is 64.3 Å². The minimum Gasteiger partial charge on any atom is -0.338 e. The molecule has 34 heavy (non-hydrogen) atoms. The average molecular weight is 476 g/mol. The number of nitrogens with zero attached hydrogens (tertiary/aromatic N) is 3. The van der Waals surface area contributed by atoms with Crippen LogP contribution in [0.2, 0.25) is 0 Å². The van der Waals surface area contributed by atoms with Crippen LogP contribution in [0.4, 0.5) is 0 Å². The van der Waals surface area contributed by atoms with Gasteiger partial charge in [0, 0.05) is 13.1 Å². The molecule has 0 fully saturated rings. The average Bonchev–Trinajstić information content (AvgIpc) is 3.19. The largest absolute Gasteiger partial charge is 0.338 e. The Bertz CT molecular complexity index is 1440. The van der Waals surface area contributed by atoms with E-state index < -0.39 is 0 Å². The zero-order valence-corrected chi connectivity index (χ0v) is 20.8. The number of hydrogen-bond acceptors (Lipinski definition) is 4. The van der Waals surface area contributed by atoms with E-state index in [0.717, 1.165) is 16.7 Å². The van der Waals surface area contributed by atoms with E-state index in [1.165, 1.54) is 15.9 Å². The first-order valence-corrected chi connectivity index (χ1v) is 12.3. The van der Waals surface area contributed by atoms with Gasteiger partial charge in [-0.2, -0.15) is 0 Å². The fourth-order valence-corrected chi connectivity index (χ4v) is 5.43. The third-order valence-electron chi connectivity index (χ3n) is 6.18. The Morgan fingerprint density at radius 3 is 2.06 bits per heavy atom. The predicted molar refractivity (Wildman–Crippen MR) is 138 cm³/mol. The maximum Gasteiger partial charge on any atom is 0.332 e. The quantitative estimate of drug-likeness (QED) is 0.397. The number of amides is 1. The van der Waals surface area contributed by atoms with Crippen molar-refractivity contribution in [1.82, 2.24) is 14.0 Å². The number of hydrogen-bond donors (Lipinski definition) is 0. The van der Waals surface area contributed by atoms with E-state index in [2.05, 4.69) is 0 Å². The standard InChI is InChI=1S/C27H29N3O3S/c1-5-28(6-2)25(32)23-19(4)22-24(31)29(16-20-10-8-7-9-11-20)27(33)30(26(22)34-23)17-21-14-12-18(3)13-15-21/h7-15H,5-6,16-17H2,1-4H3. The molecule has 0 saturated heterocycles. The monoisotopic (exact) mass is 475 g/mol. The van der Waals surface area contributed by atoms with Crippen LogP contribution in [0.3, 0.4) is 0 Å². The van der Waals surface area contributed by atoms with Gasteiger partial charge < -0.3 is 4.90 Å². The second-order valence-corrected chi connectivity index (χ2v) is 9.44. The molecule has 0 aliphatic rings. The zero-order chi connectivity index (χ0) is 24.4. The van der Waals surface area contributed by atoms with Crippen LogP contribution in [0, 0.1) is 13.8 Å². The summed E-state index contributed by atoms with van der Waals surface area (Å²) < 4.78 is 2.93. The van der Waals surface area contributed by atoms with Crippen molar-refractivity contribution in [2.75, 3.05) is 13.1 Å². The molecule has 0 saturated carbocycles. The summed E-state index contributed by atoms with van der Waals surface area (Å²) in [6.45, 7) is 9.36. The second kappa shape index (κ2) is 9.81. The van der Waals surface area contributed by atoms with Crippen LogP contribution in [0.5, 0.6) is 0 Å². The van der Waals surface area contributed by atoms with Crippen molar-refractivity contribution in [1.29, 1.82) is 0 Å². The molecule has 2 aromatic carbocycles. The van der Waals surface area contributed by atoms with E-state index in [9.17, 15) is 14.4 Å². The smallest absolute Gasteiger partial charge is 0.332 e. The molecule has 2 heterocycles. The molecular weight excluding hydrogens is 446 g/mol. The van der Waals surface area contributed by atoms with Gasteiger partial charge in [0.15, 0.2) is 0 Å². The molecule has 1 amide bonds. The van der Waals surface area contributed by atoms with Crippen LogP contribution in [0.25, 0.3) is 10.2 Å². The fraction of sp³-hybridized carbons (Fsp3) is 0.296. The number of fused-ring (bicyclic) bond motifs is 1. The molecule has 176 valence electrons. The molecule has 4 rings (SSSR count). The zero-order valence-electron chi connectivity index (χ0n) is 20.0. The number of thiophene rings is 1. The highest BCUT2D eigenvalue weighted by atomic mass is 32.1. The summed E-state index contributed by atoms with van der Waals surface area (Å²) in [7, 11) is 0. The lowest BCUT2D eigenvalue weighted by Crippen LogP contribution is -2.40. The lowest BCUT2D eigenvalue weighted by molar-refractivity contribution is 0.0777. The molecule has 0 spiro atoms. The maximum absolute atomic E-state index is 13.7. The predicted octanol–water partition coefficient (Wildman–Crippen LogP) is 4.42. The van der Waals surface area contributed by atoms with Gasteiger partial charge in [-0.15, -0.1) is 11.3 Å². The van der Waals surface area contributed by atoms with Crippen LogP contribution >= 0.6 is 11.3 Å². The minimum absolute atomic E-state index is 0.105. The van der Waals surface area contributed by atoms with E-state index in [1.54, 1.807) is 9.47 Å². The van der Waals surface area contributed by atoms with E-state index in [4.69, 9.17) is 0 Å². The van der Waals surface area contributed by atoms with Crippen molar-refractivity contribution in [2.24, 2.45) is 0 Å². The number of carbonyl (C=O) groups excluding carboxylic acids is 1. The van der Waals surface area contributed by atoms with Crippen LogP contribution in [0.1, 0.15) is 45.8 Å². The molecule has 0 aliphatic carbocycles. The van der Waals surface area contributed by atoms with E-state index in [1.807, 2.05) is 82.3 Å². The Hall–Kier alpha value is -3.45. The third kappa shape index (κ3) is 4.35. The highest BCUT2D eigenvalue weighted by Crippen LogP contribution is 2.29. The summed E-state index contributed by atoms with van der Waals surface area (Å²) in [6.07, 6.45) is 0. The highest BCUT2D eigenvalue weighted by molar-refractivity contribution is 7.20. The lowest BCUT2D eigenvalue weighted by Gasteiger charge is -2.17. The first-order valence-electron chi connectivity index (χ1n) is 11.5. The summed E-state index contributed by atoms with van der Waals surface area (Å²) in [5, 5.41) is 0.447. The molecular formula is C27H29N3O3S. The summed E-state index contributed by atoms with van der Waals surface area (Å²) >= 11 is 1.24. The number of rotatable bonds is 7. The third-order valence-corrected chi connectivity index (χ3v) is 7.49. The summed E-state index contributed by atoms with van der Waals surface area (Å²) in [4.78, 5) is 43.3. The molecule has 0 N–H and O–H groups in total. The number of aromatic nitrogens is 2. The van der Waals surface area contributed by atoms with Crippen molar-refractivity contribution < 1.29 is 4.79 Å². The molecule has 0 bridgehead atoms. The Labute approximate surface area is 202 Å². The van der Waals surface area contributed by atoms with Gasteiger partial charge in [0.1, 0.15) is 4.83 Å². The summed E-state index contributed by atoms with van der Waals surface area (Å²) in [6, 6.07) is 17.5. The minimum atomic E-state index is -0.370. The lowest BCUT2D eigenvalue weighted by atomic mass is 10.1. The number of aryl methyl sites for hydroxylation is 2. The van der Waals surface area contributed by atoms with Crippen molar-refractivity contribution >= 4 is 27.5 Å². The molecule has 0 aliphatic heterocycles. The Kier molecular flexibility index (Phi) is 6.84.